The summed E-state index contributed by atoms with van der Waals surface area (Å²) in [6.45, 7) is 2.80. The maximum absolute atomic E-state index is 12.6. The molecular weight excluding hydrogens is 290 g/mol. The summed E-state index contributed by atoms with van der Waals surface area (Å²) in [6, 6.07) is 10.3. The summed E-state index contributed by atoms with van der Waals surface area (Å²) in [5.41, 5.74) is 3.05. The molecule has 0 radical (unpaired) electrons. The quantitative estimate of drug-likeness (QED) is 0.922. The van der Waals surface area contributed by atoms with Gasteiger partial charge in [-0.05, 0) is 49.9 Å². The number of nitrogens with one attached hydrogen (secondary N) is 1. The molecular formula is C18H23N3O2. The SMILES string of the molecule is COc1ccc(CC2CCCN2C(=O)Cc2cc(C)[nH]n2)cc1. The van der Waals surface area contributed by atoms with E-state index in [1.54, 1.807) is 7.11 Å². The standard InChI is InChI=1S/C18H23N3O2/c1-13-10-15(20-19-13)12-18(22)21-9-3-4-16(21)11-14-5-7-17(23-2)8-6-14/h5-8,10,16H,3-4,9,11-12H2,1-2H3,(H,19,20). The number of aromatic nitrogens is 2. The predicted molar refractivity (Wildman–Crippen MR) is 88.5 cm³/mol. The van der Waals surface area contributed by atoms with Crippen LogP contribution in [-0.4, -0.2) is 40.7 Å². The van der Waals surface area contributed by atoms with Gasteiger partial charge in [-0.15, -0.1) is 0 Å². The van der Waals surface area contributed by atoms with E-state index < -0.39 is 0 Å². The molecule has 1 atom stereocenters. The molecule has 1 unspecified atom stereocenters. The second-order valence-electron chi connectivity index (χ2n) is 6.15. The van der Waals surface area contributed by atoms with Crippen LogP contribution in [0.2, 0.25) is 0 Å². The van der Waals surface area contributed by atoms with Crippen molar-refractivity contribution < 1.29 is 9.53 Å². The molecule has 1 aliphatic rings. The van der Waals surface area contributed by atoms with Crippen LogP contribution in [0, 0.1) is 6.92 Å². The maximum atomic E-state index is 12.6. The Morgan fingerprint density at radius 2 is 2.17 bits per heavy atom. The summed E-state index contributed by atoms with van der Waals surface area (Å²) < 4.78 is 5.19. The molecule has 2 aromatic rings. The van der Waals surface area contributed by atoms with Gasteiger partial charge in [0.15, 0.2) is 0 Å². The Morgan fingerprint density at radius 3 is 2.83 bits per heavy atom. The first-order chi connectivity index (χ1) is 11.2. The van der Waals surface area contributed by atoms with Gasteiger partial charge in [0, 0.05) is 18.3 Å². The van der Waals surface area contributed by atoms with Gasteiger partial charge in [0.1, 0.15) is 5.75 Å². The molecule has 1 aliphatic heterocycles. The minimum atomic E-state index is 0.174. The first kappa shape index (κ1) is 15.6. The topological polar surface area (TPSA) is 58.2 Å². The van der Waals surface area contributed by atoms with Gasteiger partial charge in [0.05, 0.1) is 19.2 Å². The zero-order valence-electron chi connectivity index (χ0n) is 13.7. The number of ether oxygens (including phenoxy) is 1. The number of nitrogens with zero attached hydrogens (tertiary/aromatic N) is 2. The third kappa shape index (κ3) is 3.73. The van der Waals surface area contributed by atoms with Gasteiger partial charge in [-0.2, -0.15) is 5.10 Å². The van der Waals surface area contributed by atoms with E-state index >= 15 is 0 Å². The highest BCUT2D eigenvalue weighted by Gasteiger charge is 2.29. The van der Waals surface area contributed by atoms with Crippen molar-refractivity contribution in [2.24, 2.45) is 0 Å². The lowest BCUT2D eigenvalue weighted by Crippen LogP contribution is -2.37. The molecule has 122 valence electrons. The molecule has 2 heterocycles. The molecule has 1 aromatic carbocycles. The van der Waals surface area contributed by atoms with E-state index in [-0.39, 0.29) is 11.9 Å². The summed E-state index contributed by atoms with van der Waals surface area (Å²) in [4.78, 5) is 14.6. The molecule has 0 aliphatic carbocycles. The molecule has 3 rings (SSSR count). The van der Waals surface area contributed by atoms with Crippen LogP contribution in [0.25, 0.3) is 0 Å². The van der Waals surface area contributed by atoms with Crippen molar-refractivity contribution >= 4 is 5.91 Å². The van der Waals surface area contributed by atoms with E-state index in [1.165, 1.54) is 5.56 Å². The number of aromatic amines is 1. The highest BCUT2D eigenvalue weighted by atomic mass is 16.5. The van der Waals surface area contributed by atoms with Crippen molar-refractivity contribution in [2.75, 3.05) is 13.7 Å². The summed E-state index contributed by atoms with van der Waals surface area (Å²) >= 11 is 0. The molecule has 5 nitrogen and oxygen atoms in total. The van der Waals surface area contributed by atoms with Crippen molar-refractivity contribution in [2.45, 2.75) is 38.6 Å². The minimum absolute atomic E-state index is 0.174. The molecule has 0 bridgehead atoms. The first-order valence-corrected chi connectivity index (χ1v) is 8.09. The number of hydrogen-bond acceptors (Lipinski definition) is 3. The van der Waals surface area contributed by atoms with Crippen LogP contribution < -0.4 is 4.74 Å². The molecule has 23 heavy (non-hydrogen) atoms. The van der Waals surface area contributed by atoms with Gasteiger partial charge in [-0.1, -0.05) is 12.1 Å². The van der Waals surface area contributed by atoms with E-state index in [2.05, 4.69) is 22.3 Å². The summed E-state index contributed by atoms with van der Waals surface area (Å²) in [6.07, 6.45) is 3.42. The van der Waals surface area contributed by atoms with Crippen molar-refractivity contribution in [1.82, 2.24) is 15.1 Å². The Hall–Kier alpha value is -2.30. The lowest BCUT2D eigenvalue weighted by atomic mass is 10.0. The lowest BCUT2D eigenvalue weighted by molar-refractivity contribution is -0.131. The van der Waals surface area contributed by atoms with E-state index in [4.69, 9.17) is 4.74 Å². The fraction of sp³-hybridized carbons (Fsp3) is 0.444. The van der Waals surface area contributed by atoms with E-state index in [1.807, 2.05) is 30.0 Å². The molecule has 1 aromatic heterocycles. The van der Waals surface area contributed by atoms with Gasteiger partial charge in [-0.3, -0.25) is 9.89 Å². The largest absolute Gasteiger partial charge is 0.497 e. The first-order valence-electron chi connectivity index (χ1n) is 8.09. The van der Waals surface area contributed by atoms with Crippen LogP contribution >= 0.6 is 0 Å². The van der Waals surface area contributed by atoms with E-state index in [9.17, 15) is 4.79 Å². The lowest BCUT2D eigenvalue weighted by Gasteiger charge is -2.24. The Morgan fingerprint density at radius 1 is 1.39 bits per heavy atom. The number of aryl methyl sites for hydroxylation is 1. The summed E-state index contributed by atoms with van der Waals surface area (Å²) in [7, 11) is 1.67. The van der Waals surface area contributed by atoms with Crippen LogP contribution in [0.15, 0.2) is 30.3 Å². The van der Waals surface area contributed by atoms with Crippen molar-refractivity contribution in [3.05, 3.63) is 47.3 Å². The van der Waals surface area contributed by atoms with E-state index in [0.29, 0.717) is 6.42 Å². The summed E-state index contributed by atoms with van der Waals surface area (Å²) in [5, 5.41) is 7.06. The molecule has 1 amide bonds. The number of rotatable bonds is 5. The molecule has 1 saturated heterocycles. The zero-order chi connectivity index (χ0) is 16.2. The normalized spacial score (nSPS) is 17.5. The average Bonchev–Trinajstić information content (AvgIpc) is 3.17. The number of benzene rings is 1. The van der Waals surface area contributed by atoms with Crippen LogP contribution in [-0.2, 0) is 17.6 Å². The average molecular weight is 313 g/mol. The van der Waals surface area contributed by atoms with Crippen LogP contribution in [0.5, 0.6) is 5.75 Å². The predicted octanol–water partition coefficient (Wildman–Crippen LogP) is 2.50. The van der Waals surface area contributed by atoms with Crippen molar-refractivity contribution in [3.8, 4) is 5.75 Å². The van der Waals surface area contributed by atoms with Crippen LogP contribution in [0.3, 0.4) is 0 Å². The van der Waals surface area contributed by atoms with Gasteiger partial charge >= 0.3 is 0 Å². The van der Waals surface area contributed by atoms with Gasteiger partial charge in [0.25, 0.3) is 0 Å². The third-order valence-electron chi connectivity index (χ3n) is 4.42. The monoisotopic (exact) mass is 313 g/mol. The number of likely N-dealkylation sites (tertiary alicyclic amines) is 1. The smallest absolute Gasteiger partial charge is 0.228 e. The second kappa shape index (κ2) is 6.86. The minimum Gasteiger partial charge on any atom is -0.497 e. The molecule has 1 N–H and O–H groups in total. The Kier molecular flexibility index (Phi) is 4.65. The Balaban J connectivity index is 1.63. The molecule has 5 heteroatoms. The zero-order valence-corrected chi connectivity index (χ0v) is 13.7. The Labute approximate surface area is 136 Å². The van der Waals surface area contributed by atoms with Crippen molar-refractivity contribution in [3.63, 3.8) is 0 Å². The van der Waals surface area contributed by atoms with Crippen LogP contribution in [0.1, 0.15) is 29.8 Å². The number of methoxy groups -OCH3 is 1. The molecule has 0 spiro atoms. The number of hydrogen-bond donors (Lipinski definition) is 1. The number of H-pyrrole nitrogens is 1. The van der Waals surface area contributed by atoms with Gasteiger partial charge in [-0.25, -0.2) is 0 Å². The van der Waals surface area contributed by atoms with Gasteiger partial charge in [0.2, 0.25) is 5.91 Å². The van der Waals surface area contributed by atoms with Gasteiger partial charge < -0.3 is 9.64 Å². The number of amides is 1. The fourth-order valence-corrected chi connectivity index (χ4v) is 3.23. The molecule has 1 fully saturated rings. The van der Waals surface area contributed by atoms with Crippen molar-refractivity contribution in [1.29, 1.82) is 0 Å². The Bertz CT molecular complexity index is 663. The highest BCUT2D eigenvalue weighted by Crippen LogP contribution is 2.23. The third-order valence-corrected chi connectivity index (χ3v) is 4.42. The van der Waals surface area contributed by atoms with Crippen LogP contribution in [0.4, 0.5) is 0 Å². The maximum Gasteiger partial charge on any atom is 0.228 e. The second-order valence-corrected chi connectivity index (χ2v) is 6.15. The highest BCUT2D eigenvalue weighted by molar-refractivity contribution is 5.79. The molecule has 0 saturated carbocycles. The fourth-order valence-electron chi connectivity index (χ4n) is 3.23. The summed E-state index contributed by atoms with van der Waals surface area (Å²) in [5.74, 6) is 1.04. The van der Waals surface area contributed by atoms with E-state index in [0.717, 1.165) is 42.9 Å². The number of carbonyl (C=O) groups excluding carboxylic acids is 1. The number of carbonyl (C=O) groups is 1.